The van der Waals surface area contributed by atoms with Crippen LogP contribution in [0.5, 0.6) is 0 Å². The summed E-state index contributed by atoms with van der Waals surface area (Å²) in [5, 5.41) is 0. The Hall–Kier alpha value is -3.45. The van der Waals surface area contributed by atoms with Gasteiger partial charge in [-0.2, -0.15) is 0 Å². The summed E-state index contributed by atoms with van der Waals surface area (Å²) >= 11 is 3.39. The van der Waals surface area contributed by atoms with Crippen LogP contribution in [0, 0.1) is 0 Å². The molecule has 0 saturated carbocycles. The number of carbonyl (C=O) groups is 5. The van der Waals surface area contributed by atoms with Gasteiger partial charge in [0.2, 0.25) is 18.2 Å². The summed E-state index contributed by atoms with van der Waals surface area (Å²) in [5.41, 5.74) is 0.543. The van der Waals surface area contributed by atoms with Gasteiger partial charge in [0.15, 0.2) is 12.2 Å². The second kappa shape index (κ2) is 14.5. The molecule has 1 saturated heterocycles. The van der Waals surface area contributed by atoms with Gasteiger partial charge < -0.3 is 33.2 Å². The Bertz CT molecular complexity index is 1070. The van der Waals surface area contributed by atoms with Gasteiger partial charge in [-0.3, -0.25) is 19.2 Å². The molecule has 1 fully saturated rings. The van der Waals surface area contributed by atoms with Crippen molar-refractivity contribution >= 4 is 51.9 Å². The van der Waals surface area contributed by atoms with Gasteiger partial charge >= 0.3 is 29.8 Å². The zero-order valence-electron chi connectivity index (χ0n) is 21.5. The van der Waals surface area contributed by atoms with Gasteiger partial charge in [-0.05, 0) is 24.6 Å². The molecule has 1 aromatic rings. The van der Waals surface area contributed by atoms with E-state index in [2.05, 4.69) is 15.9 Å². The maximum Gasteiger partial charge on any atom is 0.373 e. The van der Waals surface area contributed by atoms with E-state index in [0.29, 0.717) is 10.0 Å². The van der Waals surface area contributed by atoms with Crippen LogP contribution in [-0.4, -0.2) is 73.8 Å². The average molecular weight is 601 g/mol. The first-order chi connectivity index (χ1) is 17.9. The molecule has 12 nitrogen and oxygen atoms in total. The number of ether oxygens (including phenoxy) is 7. The van der Waals surface area contributed by atoms with Crippen molar-refractivity contribution in [3.8, 4) is 0 Å². The predicted molar refractivity (Wildman–Crippen MR) is 132 cm³/mol. The Labute approximate surface area is 227 Å². The van der Waals surface area contributed by atoms with Crippen molar-refractivity contribution in [2.75, 3.05) is 13.2 Å². The van der Waals surface area contributed by atoms with Crippen molar-refractivity contribution < 1.29 is 57.1 Å². The largest absolute Gasteiger partial charge is 0.463 e. The van der Waals surface area contributed by atoms with Gasteiger partial charge in [-0.15, -0.1) is 0 Å². The number of hydrogen-bond acceptors (Lipinski definition) is 12. The first-order valence-corrected chi connectivity index (χ1v) is 12.3. The van der Waals surface area contributed by atoms with Gasteiger partial charge in [-0.25, -0.2) is 4.79 Å². The Balaban J connectivity index is 2.59. The van der Waals surface area contributed by atoms with E-state index in [1.165, 1.54) is 6.08 Å². The van der Waals surface area contributed by atoms with Crippen LogP contribution < -0.4 is 0 Å². The van der Waals surface area contributed by atoms with E-state index < -0.39 is 67.2 Å². The fourth-order valence-corrected chi connectivity index (χ4v) is 3.88. The summed E-state index contributed by atoms with van der Waals surface area (Å²) in [5.74, 6) is -4.25. The molecule has 0 unspecified atom stereocenters. The number of halogens is 1. The summed E-state index contributed by atoms with van der Waals surface area (Å²) in [4.78, 5) is 60.2. The number of carbonyl (C=O) groups excluding carboxylic acids is 5. The highest BCUT2D eigenvalue weighted by molar-refractivity contribution is 9.10. The fraction of sp³-hybridized carbons (Fsp3) is 0.480. The number of esters is 5. The molecule has 38 heavy (non-hydrogen) atoms. The van der Waals surface area contributed by atoms with E-state index in [1.54, 1.807) is 31.2 Å². The molecule has 0 spiro atoms. The molecule has 1 aliphatic rings. The fourth-order valence-electron chi connectivity index (χ4n) is 3.49. The lowest BCUT2D eigenvalue weighted by molar-refractivity contribution is -0.299. The zero-order valence-corrected chi connectivity index (χ0v) is 23.1. The predicted octanol–water partition coefficient (Wildman–Crippen LogP) is 2.45. The van der Waals surface area contributed by atoms with Crippen molar-refractivity contribution in [2.24, 2.45) is 0 Å². The van der Waals surface area contributed by atoms with Crippen LogP contribution in [-0.2, 0) is 57.1 Å². The molecule has 0 amide bonds. The molecule has 0 bridgehead atoms. The van der Waals surface area contributed by atoms with Crippen LogP contribution in [0.15, 0.2) is 34.5 Å². The molecule has 13 heteroatoms. The lowest BCUT2D eigenvalue weighted by Crippen LogP contribution is -2.63. The molecule has 0 aromatic heterocycles. The quantitative estimate of drug-likeness (QED) is 0.168. The molecular weight excluding hydrogens is 572 g/mol. The van der Waals surface area contributed by atoms with E-state index in [1.807, 2.05) is 0 Å². The second-order valence-electron chi connectivity index (χ2n) is 7.94. The maximum atomic E-state index is 12.8. The standard InChI is InChI=1S/C25H29BrO12/c1-6-32-24(31)19(11-17-9-7-8-10-18(17)26)37-25-23(36-16(5)30)22(35-15(4)29)21(34-14(3)28)20(38-25)12-33-13(2)27/h7-11,20-23,25H,6,12H2,1-5H3/b19-11-/t20-,21-,22+,23-,25-/m0/s1. The van der Waals surface area contributed by atoms with Crippen molar-refractivity contribution in [3.63, 3.8) is 0 Å². The molecule has 1 aliphatic heterocycles. The average Bonchev–Trinajstić information content (AvgIpc) is 2.81. The highest BCUT2D eigenvalue weighted by Gasteiger charge is 2.53. The van der Waals surface area contributed by atoms with E-state index >= 15 is 0 Å². The zero-order chi connectivity index (χ0) is 28.4. The van der Waals surface area contributed by atoms with Crippen LogP contribution in [0.2, 0.25) is 0 Å². The molecule has 0 aliphatic carbocycles. The molecule has 1 aromatic carbocycles. The van der Waals surface area contributed by atoms with Crippen LogP contribution in [0.1, 0.15) is 40.2 Å². The number of rotatable bonds is 10. The highest BCUT2D eigenvalue weighted by Crippen LogP contribution is 2.32. The molecular formula is C25H29BrO12. The van der Waals surface area contributed by atoms with Crippen molar-refractivity contribution in [1.82, 2.24) is 0 Å². The van der Waals surface area contributed by atoms with Crippen LogP contribution in [0.25, 0.3) is 6.08 Å². The SMILES string of the molecule is CCOC(=O)/C(=C/c1ccccc1Br)O[C@H]1O[C@@H](COC(C)=O)[C@H](OC(C)=O)[C@@H](OC(C)=O)[C@@H]1OC(C)=O. The minimum atomic E-state index is -1.59. The molecule has 0 N–H and O–H groups in total. The first kappa shape index (κ1) is 30.8. The summed E-state index contributed by atoms with van der Waals surface area (Å²) in [6.45, 7) is 5.63. The Kier molecular flexibility index (Phi) is 11.7. The summed E-state index contributed by atoms with van der Waals surface area (Å²) in [6.07, 6.45) is -5.78. The monoisotopic (exact) mass is 600 g/mol. The molecule has 0 radical (unpaired) electrons. The Morgan fingerprint density at radius 3 is 1.95 bits per heavy atom. The summed E-state index contributed by atoms with van der Waals surface area (Å²) in [6, 6.07) is 6.93. The second-order valence-corrected chi connectivity index (χ2v) is 8.79. The molecule has 208 valence electrons. The Morgan fingerprint density at radius 2 is 1.39 bits per heavy atom. The van der Waals surface area contributed by atoms with E-state index in [4.69, 9.17) is 33.2 Å². The third-order valence-corrected chi connectivity index (χ3v) is 5.58. The summed E-state index contributed by atoms with van der Waals surface area (Å²) < 4.78 is 38.6. The van der Waals surface area contributed by atoms with Crippen molar-refractivity contribution in [3.05, 3.63) is 40.1 Å². The normalized spacial score (nSPS) is 23.0. The Morgan fingerprint density at radius 1 is 0.816 bits per heavy atom. The molecule has 5 atom stereocenters. The maximum absolute atomic E-state index is 12.8. The third kappa shape index (κ3) is 9.14. The van der Waals surface area contributed by atoms with E-state index in [0.717, 1.165) is 27.7 Å². The topological polar surface area (TPSA) is 150 Å². The minimum absolute atomic E-state index is 0.0219. The van der Waals surface area contributed by atoms with Crippen LogP contribution in [0.3, 0.4) is 0 Å². The lowest BCUT2D eigenvalue weighted by Gasteiger charge is -2.43. The number of benzene rings is 1. The van der Waals surface area contributed by atoms with E-state index in [-0.39, 0.29) is 12.4 Å². The number of hydrogen-bond donors (Lipinski definition) is 0. The first-order valence-electron chi connectivity index (χ1n) is 11.5. The summed E-state index contributed by atoms with van der Waals surface area (Å²) in [7, 11) is 0. The molecule has 1 heterocycles. The smallest absolute Gasteiger partial charge is 0.373 e. The highest BCUT2D eigenvalue weighted by atomic mass is 79.9. The van der Waals surface area contributed by atoms with Gasteiger partial charge in [0.25, 0.3) is 0 Å². The van der Waals surface area contributed by atoms with Gasteiger partial charge in [0, 0.05) is 32.2 Å². The van der Waals surface area contributed by atoms with Gasteiger partial charge in [0.1, 0.15) is 12.7 Å². The molecule has 2 rings (SSSR count). The van der Waals surface area contributed by atoms with Gasteiger partial charge in [-0.1, -0.05) is 34.1 Å². The lowest BCUT2D eigenvalue weighted by atomic mass is 9.98. The van der Waals surface area contributed by atoms with Crippen LogP contribution >= 0.6 is 15.9 Å². The van der Waals surface area contributed by atoms with Gasteiger partial charge in [0.05, 0.1) is 6.61 Å². The van der Waals surface area contributed by atoms with Crippen molar-refractivity contribution in [2.45, 2.75) is 65.3 Å². The minimum Gasteiger partial charge on any atom is -0.463 e. The van der Waals surface area contributed by atoms with Crippen molar-refractivity contribution in [1.29, 1.82) is 0 Å². The van der Waals surface area contributed by atoms with E-state index in [9.17, 15) is 24.0 Å². The van der Waals surface area contributed by atoms with Crippen LogP contribution in [0.4, 0.5) is 0 Å². The third-order valence-electron chi connectivity index (χ3n) is 4.86.